The van der Waals surface area contributed by atoms with Gasteiger partial charge in [0.05, 0.1) is 6.26 Å². The number of hydrogen-bond acceptors (Lipinski definition) is 5. The number of rotatable bonds is 5. The highest BCUT2D eigenvalue weighted by atomic mass is 35.5. The van der Waals surface area contributed by atoms with Crippen LogP contribution in [0.4, 0.5) is 0 Å². The highest BCUT2D eigenvalue weighted by Gasteiger charge is 2.15. The Bertz CT molecular complexity index is 517. The summed E-state index contributed by atoms with van der Waals surface area (Å²) in [5, 5.41) is 5.59. The molecule has 0 unspecified atom stereocenters. The average molecular weight is 338 g/mol. The maximum Gasteiger partial charge on any atom is 0.273 e. The molecule has 5 nitrogen and oxygen atoms in total. The normalized spacial score (nSPS) is 9.50. The van der Waals surface area contributed by atoms with Crippen LogP contribution >= 0.6 is 36.2 Å². The third kappa shape index (κ3) is 4.49. The predicted molar refractivity (Wildman–Crippen MR) is 85.2 cm³/mol. The number of nitrogens with one attached hydrogen (secondary N) is 1. The van der Waals surface area contributed by atoms with Crippen molar-refractivity contribution < 1.29 is 9.21 Å². The Morgan fingerprint density at radius 1 is 1.50 bits per heavy atom. The molecule has 0 saturated carbocycles. The molecule has 2 heterocycles. The summed E-state index contributed by atoms with van der Waals surface area (Å²) < 4.78 is 5.00. The minimum Gasteiger partial charge on any atom is -0.472 e. The monoisotopic (exact) mass is 337 g/mol. The molecule has 0 saturated heterocycles. The molecule has 0 spiro atoms. The Balaban J connectivity index is 0.00000180. The topological polar surface area (TPSA) is 58.4 Å². The van der Waals surface area contributed by atoms with Gasteiger partial charge in [0, 0.05) is 31.1 Å². The van der Waals surface area contributed by atoms with Crippen molar-refractivity contribution in [2.45, 2.75) is 0 Å². The summed E-state index contributed by atoms with van der Waals surface area (Å²) in [6.45, 7) is 1.43. The largest absolute Gasteiger partial charge is 0.472 e. The summed E-state index contributed by atoms with van der Waals surface area (Å²) in [6.07, 6.45) is 3.22. The van der Waals surface area contributed by atoms with Crippen molar-refractivity contribution >= 4 is 42.1 Å². The van der Waals surface area contributed by atoms with E-state index in [0.29, 0.717) is 12.2 Å². The Morgan fingerprint density at radius 2 is 2.25 bits per heavy atom. The number of furan rings is 1. The molecule has 0 aliphatic rings. The zero-order valence-electron chi connectivity index (χ0n) is 11.2. The summed E-state index contributed by atoms with van der Waals surface area (Å²) in [7, 11) is 3.63. The first kappa shape index (κ1) is 18.9. The second-order valence-electron chi connectivity index (χ2n) is 3.88. The molecule has 0 aromatic carbocycles. The first-order chi connectivity index (χ1) is 8.72. The Labute approximate surface area is 134 Å². The van der Waals surface area contributed by atoms with Crippen molar-refractivity contribution in [3.05, 3.63) is 29.7 Å². The maximum atomic E-state index is 12.1. The summed E-state index contributed by atoms with van der Waals surface area (Å²) in [4.78, 5) is 18.0. The fraction of sp³-hybridized carbons (Fsp3) is 0.333. The van der Waals surface area contributed by atoms with Gasteiger partial charge in [0.1, 0.15) is 17.0 Å². The van der Waals surface area contributed by atoms with Gasteiger partial charge in [0.15, 0.2) is 0 Å². The van der Waals surface area contributed by atoms with Gasteiger partial charge in [0.25, 0.3) is 5.91 Å². The number of thiazole rings is 1. The fourth-order valence-corrected chi connectivity index (χ4v) is 2.25. The lowest BCUT2D eigenvalue weighted by atomic mass is 10.3. The van der Waals surface area contributed by atoms with Gasteiger partial charge in [0.2, 0.25) is 0 Å². The molecular formula is C12H17Cl2N3O2S. The van der Waals surface area contributed by atoms with Gasteiger partial charge in [-0.15, -0.1) is 36.2 Å². The highest BCUT2D eigenvalue weighted by Crippen LogP contribution is 2.24. The molecule has 2 rings (SSSR count). The molecule has 2 aromatic rings. The quantitative estimate of drug-likeness (QED) is 0.910. The van der Waals surface area contributed by atoms with E-state index in [1.54, 1.807) is 29.9 Å². The van der Waals surface area contributed by atoms with E-state index in [9.17, 15) is 4.79 Å². The lowest BCUT2D eigenvalue weighted by Gasteiger charge is -2.15. The van der Waals surface area contributed by atoms with Crippen molar-refractivity contribution in [3.63, 3.8) is 0 Å². The van der Waals surface area contributed by atoms with Crippen LogP contribution in [0.5, 0.6) is 0 Å². The van der Waals surface area contributed by atoms with E-state index >= 15 is 0 Å². The third-order valence-electron chi connectivity index (χ3n) is 2.54. The second kappa shape index (κ2) is 8.97. The molecule has 112 valence electrons. The van der Waals surface area contributed by atoms with Crippen molar-refractivity contribution in [1.29, 1.82) is 0 Å². The van der Waals surface area contributed by atoms with Gasteiger partial charge < -0.3 is 14.6 Å². The number of hydrogen-bond donors (Lipinski definition) is 1. The Hall–Kier alpha value is -1.08. The van der Waals surface area contributed by atoms with Crippen molar-refractivity contribution in [3.8, 4) is 10.6 Å². The zero-order chi connectivity index (χ0) is 13.0. The summed E-state index contributed by atoms with van der Waals surface area (Å²) >= 11 is 1.44. The zero-order valence-corrected chi connectivity index (χ0v) is 13.6. The van der Waals surface area contributed by atoms with Crippen LogP contribution in [0, 0.1) is 0 Å². The van der Waals surface area contributed by atoms with E-state index in [1.807, 2.05) is 13.1 Å². The lowest BCUT2D eigenvalue weighted by molar-refractivity contribution is 0.0792. The number of amides is 1. The van der Waals surface area contributed by atoms with Gasteiger partial charge in [-0.2, -0.15) is 0 Å². The van der Waals surface area contributed by atoms with Gasteiger partial charge >= 0.3 is 0 Å². The molecule has 0 fully saturated rings. The van der Waals surface area contributed by atoms with E-state index < -0.39 is 0 Å². The lowest BCUT2D eigenvalue weighted by Crippen LogP contribution is -2.32. The van der Waals surface area contributed by atoms with Crippen molar-refractivity contribution in [2.75, 3.05) is 27.2 Å². The Kier molecular flexibility index (Phi) is 8.48. The molecular weight excluding hydrogens is 321 g/mol. The first-order valence-corrected chi connectivity index (χ1v) is 6.48. The predicted octanol–water partition coefficient (Wildman–Crippen LogP) is 2.54. The third-order valence-corrected chi connectivity index (χ3v) is 3.43. The van der Waals surface area contributed by atoms with Crippen LogP contribution in [0.15, 0.2) is 28.4 Å². The summed E-state index contributed by atoms with van der Waals surface area (Å²) in [5.74, 6) is -0.0590. The van der Waals surface area contributed by atoms with Gasteiger partial charge in [-0.3, -0.25) is 4.79 Å². The van der Waals surface area contributed by atoms with Crippen LogP contribution < -0.4 is 5.32 Å². The number of carbonyl (C=O) groups excluding carboxylic acids is 1. The molecule has 0 atom stereocenters. The molecule has 1 N–H and O–H groups in total. The highest BCUT2D eigenvalue weighted by molar-refractivity contribution is 7.13. The van der Waals surface area contributed by atoms with Gasteiger partial charge in [-0.05, 0) is 13.1 Å². The van der Waals surface area contributed by atoms with E-state index in [4.69, 9.17) is 4.42 Å². The van der Waals surface area contributed by atoms with Crippen molar-refractivity contribution in [1.82, 2.24) is 15.2 Å². The van der Waals surface area contributed by atoms with Crippen LogP contribution in [0.3, 0.4) is 0 Å². The number of halogens is 2. The molecule has 8 heteroatoms. The fourth-order valence-electron chi connectivity index (χ4n) is 1.47. The molecule has 0 bridgehead atoms. The summed E-state index contributed by atoms with van der Waals surface area (Å²) in [6, 6.07) is 1.83. The number of likely N-dealkylation sites (N-methyl/N-ethyl adjacent to an activating group) is 2. The minimum absolute atomic E-state index is 0. The first-order valence-electron chi connectivity index (χ1n) is 5.60. The molecule has 1 amide bonds. The smallest absolute Gasteiger partial charge is 0.273 e. The van der Waals surface area contributed by atoms with Gasteiger partial charge in [-0.1, -0.05) is 0 Å². The number of carbonyl (C=O) groups is 1. The van der Waals surface area contributed by atoms with E-state index in [1.165, 1.54) is 11.3 Å². The van der Waals surface area contributed by atoms with Gasteiger partial charge in [-0.25, -0.2) is 4.98 Å². The van der Waals surface area contributed by atoms with Crippen LogP contribution in [-0.2, 0) is 0 Å². The molecule has 0 aliphatic carbocycles. The van der Waals surface area contributed by atoms with Crippen LogP contribution in [0.1, 0.15) is 10.5 Å². The minimum atomic E-state index is -0.0590. The number of nitrogens with zero attached hydrogens (tertiary/aromatic N) is 2. The second-order valence-corrected chi connectivity index (χ2v) is 4.74. The standard InChI is InChI=1S/C12H15N3O2S.2ClH/c1-13-4-5-15(2)12(16)10-8-18-11(14-10)9-3-6-17-7-9;;/h3,6-8,13H,4-5H2,1-2H3;2*1H. The van der Waals surface area contributed by atoms with Crippen LogP contribution in [0.25, 0.3) is 10.6 Å². The average Bonchev–Trinajstić information content (AvgIpc) is 3.04. The van der Waals surface area contributed by atoms with Crippen molar-refractivity contribution in [2.24, 2.45) is 0 Å². The summed E-state index contributed by atoms with van der Waals surface area (Å²) in [5.41, 5.74) is 1.38. The van der Waals surface area contributed by atoms with E-state index in [0.717, 1.165) is 17.1 Å². The van der Waals surface area contributed by atoms with Crippen LogP contribution in [0.2, 0.25) is 0 Å². The molecule has 20 heavy (non-hydrogen) atoms. The maximum absolute atomic E-state index is 12.1. The van der Waals surface area contributed by atoms with E-state index in [2.05, 4.69) is 10.3 Å². The number of aromatic nitrogens is 1. The SMILES string of the molecule is CNCCN(C)C(=O)c1csc(-c2ccoc2)n1.Cl.Cl. The van der Waals surface area contributed by atoms with Crippen LogP contribution in [-0.4, -0.2) is 43.0 Å². The molecule has 0 radical (unpaired) electrons. The van der Waals surface area contributed by atoms with E-state index in [-0.39, 0.29) is 30.7 Å². The molecule has 0 aliphatic heterocycles. The molecule has 2 aromatic heterocycles. The Morgan fingerprint density at radius 3 is 2.85 bits per heavy atom.